The van der Waals surface area contributed by atoms with Gasteiger partial charge in [-0.2, -0.15) is 0 Å². The van der Waals surface area contributed by atoms with E-state index in [-0.39, 0.29) is 57.4 Å². The highest BCUT2D eigenvalue weighted by Crippen LogP contribution is 2.22. The average Bonchev–Trinajstić information content (AvgIpc) is 4.07. The van der Waals surface area contributed by atoms with Crippen LogP contribution in [-0.2, 0) is 65.6 Å². The molecule has 26 nitrogen and oxygen atoms in total. The van der Waals surface area contributed by atoms with Gasteiger partial charge in [0.05, 0.1) is 25.6 Å². The Morgan fingerprint density at radius 2 is 1.16 bits per heavy atom. The van der Waals surface area contributed by atoms with Gasteiger partial charge in [-0.05, 0) is 74.8 Å². The molecule has 2 aliphatic rings. The first-order valence-corrected chi connectivity index (χ1v) is 24.2. The van der Waals surface area contributed by atoms with E-state index in [4.69, 9.17) is 11.5 Å². The third-order valence-electron chi connectivity index (χ3n) is 12.4. The highest BCUT2D eigenvalue weighted by Gasteiger charge is 2.41. The molecule has 2 saturated heterocycles. The van der Waals surface area contributed by atoms with Gasteiger partial charge in [-0.15, -0.1) is 0 Å². The third kappa shape index (κ3) is 18.1. The van der Waals surface area contributed by atoms with Gasteiger partial charge in [-0.3, -0.25) is 47.9 Å². The summed E-state index contributed by atoms with van der Waals surface area (Å²) in [7, 11) is 0. The molecular weight excluding hydrogens is 973 g/mol. The topological polar surface area (TPSA) is 420 Å². The zero-order chi connectivity index (χ0) is 54.5. The van der Waals surface area contributed by atoms with Crippen LogP contribution in [0.25, 0.3) is 0 Å². The summed E-state index contributed by atoms with van der Waals surface area (Å²) in [6.45, 7) is -1.46. The molecule has 0 bridgehead atoms. The standard InChI is InChI=1S/C48H66N10O16/c49-19-5-4-10-30(50)41(66)54-33(24-40(64)65)47(72)58-21-7-12-37(58)45(70)56-35(26-59)43(68)53-31(17-18-39(62)63)42(67)51-25-38(61)52-32(22-27-8-2-1-3-9-27)46(71)57-20-6-11-36(57)44(69)55-34(48(73)74)23-28-13-15-29(60)16-14-28/h1-3,8-9,13-16,30-37,59-60H,4-7,10-12,17-26,49-50H2,(H,51,67)(H,52,61)(H,53,68)(H,54,66)(H,55,69)(H,56,70)(H,62,63)(H,64,65)(H,73,74)/t30-,31-,32-,33-,34-,35-,36-,37-/m0/s1. The third-order valence-corrected chi connectivity index (χ3v) is 12.4. The smallest absolute Gasteiger partial charge is 0.326 e. The molecule has 2 aromatic carbocycles. The number of phenols is 1. The summed E-state index contributed by atoms with van der Waals surface area (Å²) in [4.78, 5) is 146. The number of carboxylic acid groups (broad SMARTS) is 3. The largest absolute Gasteiger partial charge is 0.508 e. The Balaban J connectivity index is 1.41. The monoisotopic (exact) mass is 1040 g/mol. The van der Waals surface area contributed by atoms with Crippen LogP contribution >= 0.6 is 0 Å². The van der Waals surface area contributed by atoms with Crippen LogP contribution in [0, 0.1) is 0 Å². The number of aromatic hydroxyl groups is 1. The molecule has 0 aromatic heterocycles. The zero-order valence-electron chi connectivity index (χ0n) is 40.6. The Morgan fingerprint density at radius 1 is 0.608 bits per heavy atom. The van der Waals surface area contributed by atoms with Crippen LogP contribution in [0.5, 0.6) is 5.75 Å². The minimum atomic E-state index is -1.78. The molecule has 8 amide bonds. The number of nitrogens with two attached hydrogens (primary N) is 2. The number of carboxylic acids is 3. The van der Waals surface area contributed by atoms with Crippen molar-refractivity contribution >= 4 is 65.2 Å². The number of rotatable bonds is 29. The van der Waals surface area contributed by atoms with Crippen molar-refractivity contribution in [3.63, 3.8) is 0 Å². The van der Waals surface area contributed by atoms with Gasteiger partial charge >= 0.3 is 17.9 Å². The maximum Gasteiger partial charge on any atom is 0.326 e. The normalized spacial score (nSPS) is 17.6. The van der Waals surface area contributed by atoms with E-state index in [9.17, 15) is 78.3 Å². The van der Waals surface area contributed by atoms with Gasteiger partial charge in [0.2, 0.25) is 47.3 Å². The van der Waals surface area contributed by atoms with Crippen LogP contribution in [-0.4, -0.2) is 182 Å². The number of likely N-dealkylation sites (tertiary alicyclic amines) is 2. The molecule has 2 aliphatic heterocycles. The first-order valence-electron chi connectivity index (χ1n) is 24.2. The van der Waals surface area contributed by atoms with E-state index in [1.807, 2.05) is 0 Å². The quantitative estimate of drug-likeness (QED) is 0.0353. The molecular formula is C48H66N10O16. The van der Waals surface area contributed by atoms with E-state index in [0.29, 0.717) is 36.9 Å². The maximum atomic E-state index is 14.2. The predicted molar refractivity (Wildman–Crippen MR) is 259 cm³/mol. The van der Waals surface area contributed by atoms with Crippen LogP contribution in [0.15, 0.2) is 54.6 Å². The molecule has 8 atom stereocenters. The van der Waals surface area contributed by atoms with Crippen molar-refractivity contribution in [1.82, 2.24) is 41.7 Å². The molecule has 2 aromatic rings. The Labute approximate surface area is 425 Å². The number of aliphatic hydroxyl groups is 1. The first kappa shape index (κ1) is 58.9. The second-order valence-corrected chi connectivity index (χ2v) is 18.0. The number of phenolic OH excluding ortho intramolecular Hbond substituents is 1. The molecule has 0 spiro atoms. The van der Waals surface area contributed by atoms with Gasteiger partial charge in [0.1, 0.15) is 48.0 Å². The number of amides is 8. The molecule has 0 aliphatic carbocycles. The highest BCUT2D eigenvalue weighted by atomic mass is 16.4. The molecule has 404 valence electrons. The lowest BCUT2D eigenvalue weighted by atomic mass is 10.0. The van der Waals surface area contributed by atoms with E-state index >= 15 is 0 Å². The number of carbonyl (C=O) groups excluding carboxylic acids is 8. The Kier molecular flexibility index (Phi) is 23.1. The van der Waals surface area contributed by atoms with Gasteiger partial charge in [0, 0.05) is 32.4 Å². The fourth-order valence-electron chi connectivity index (χ4n) is 8.49. The Hall–Kier alpha value is -7.71. The number of nitrogens with zero attached hydrogens (tertiary/aromatic N) is 2. The van der Waals surface area contributed by atoms with Crippen molar-refractivity contribution in [1.29, 1.82) is 0 Å². The fraction of sp³-hybridized carbons (Fsp3) is 0.521. The van der Waals surface area contributed by atoms with Gasteiger partial charge < -0.3 is 78.7 Å². The van der Waals surface area contributed by atoms with Crippen LogP contribution in [0.1, 0.15) is 75.3 Å². The molecule has 74 heavy (non-hydrogen) atoms. The summed E-state index contributed by atoms with van der Waals surface area (Å²) < 4.78 is 0. The minimum absolute atomic E-state index is 0.0357. The second kappa shape index (κ2) is 29.1. The first-order chi connectivity index (χ1) is 35.2. The summed E-state index contributed by atoms with van der Waals surface area (Å²) >= 11 is 0. The summed E-state index contributed by atoms with van der Waals surface area (Å²) in [5, 5.41) is 62.9. The average molecular weight is 1040 g/mol. The number of unbranched alkanes of at least 4 members (excludes halogenated alkanes) is 1. The molecule has 0 unspecified atom stereocenters. The molecule has 0 radical (unpaired) electrons. The van der Waals surface area contributed by atoms with Crippen LogP contribution in [0.3, 0.4) is 0 Å². The highest BCUT2D eigenvalue weighted by molar-refractivity contribution is 5.98. The van der Waals surface area contributed by atoms with Crippen LogP contribution in [0.4, 0.5) is 0 Å². The Bertz CT molecular complexity index is 2320. The Morgan fingerprint density at radius 3 is 1.72 bits per heavy atom. The lowest BCUT2D eigenvalue weighted by Gasteiger charge is -2.30. The van der Waals surface area contributed by atoms with Crippen molar-refractivity contribution in [3.8, 4) is 5.75 Å². The van der Waals surface area contributed by atoms with Gasteiger partial charge in [0.15, 0.2) is 0 Å². The van der Waals surface area contributed by atoms with Crippen molar-refractivity contribution in [2.75, 3.05) is 32.8 Å². The number of hydrogen-bond acceptors (Lipinski definition) is 15. The van der Waals surface area contributed by atoms with Crippen LogP contribution in [0.2, 0.25) is 0 Å². The van der Waals surface area contributed by atoms with Crippen molar-refractivity contribution in [2.24, 2.45) is 11.5 Å². The minimum Gasteiger partial charge on any atom is -0.508 e. The molecule has 4 rings (SSSR count). The summed E-state index contributed by atoms with van der Waals surface area (Å²) in [5.41, 5.74) is 12.5. The molecule has 15 N–H and O–H groups in total. The zero-order valence-corrected chi connectivity index (χ0v) is 40.6. The van der Waals surface area contributed by atoms with Gasteiger partial charge in [-0.25, -0.2) is 4.79 Å². The molecule has 26 heteroatoms. The summed E-state index contributed by atoms with van der Waals surface area (Å²) in [5.74, 6) is -11.4. The van der Waals surface area contributed by atoms with Gasteiger partial charge in [0.25, 0.3) is 0 Å². The van der Waals surface area contributed by atoms with Crippen molar-refractivity contribution in [3.05, 3.63) is 65.7 Å². The van der Waals surface area contributed by atoms with Crippen LogP contribution < -0.4 is 43.4 Å². The van der Waals surface area contributed by atoms with E-state index in [1.165, 1.54) is 29.2 Å². The molecule has 2 heterocycles. The number of benzene rings is 2. The molecule has 0 saturated carbocycles. The number of nitrogens with one attached hydrogen (secondary N) is 6. The number of aliphatic carboxylic acids is 3. The summed E-state index contributed by atoms with van der Waals surface area (Å²) in [6, 6.07) is 2.99. The van der Waals surface area contributed by atoms with Crippen molar-refractivity contribution in [2.45, 2.75) is 125 Å². The lowest BCUT2D eigenvalue weighted by Crippen LogP contribution is -2.59. The fourth-order valence-corrected chi connectivity index (χ4v) is 8.49. The predicted octanol–water partition coefficient (Wildman–Crippen LogP) is -3.43. The number of carbonyl (C=O) groups is 11. The van der Waals surface area contributed by atoms with E-state index in [2.05, 4.69) is 31.9 Å². The molecule has 2 fully saturated rings. The second-order valence-electron chi connectivity index (χ2n) is 18.0. The van der Waals surface area contributed by atoms with E-state index < -0.39 is 146 Å². The summed E-state index contributed by atoms with van der Waals surface area (Å²) in [6.07, 6.45) is -0.137. The SMILES string of the molecule is NCCCC[C@H](N)C(=O)N[C@@H](CC(=O)O)C(=O)N1CCC[C@H]1C(=O)N[C@@H](CO)C(=O)N[C@@H](CCC(=O)O)C(=O)NCC(=O)N[C@@H](Cc1ccccc1)C(=O)N1CCC[C@H]1C(=O)N[C@@H](Cc1ccc(O)cc1)C(=O)O. The number of aliphatic hydroxyl groups excluding tert-OH is 1. The van der Waals surface area contributed by atoms with Gasteiger partial charge in [-0.1, -0.05) is 48.9 Å². The van der Waals surface area contributed by atoms with Crippen molar-refractivity contribution < 1.29 is 78.3 Å². The maximum absolute atomic E-state index is 14.2. The lowest BCUT2D eigenvalue weighted by molar-refractivity contribution is -0.146. The van der Waals surface area contributed by atoms with E-state index in [0.717, 1.165) is 4.90 Å². The number of hydrogen-bond donors (Lipinski definition) is 13. The van der Waals surface area contributed by atoms with E-state index in [1.54, 1.807) is 30.3 Å².